The number of rotatable bonds is 6. The van der Waals surface area contributed by atoms with Crippen molar-refractivity contribution in [1.29, 1.82) is 0 Å². The highest BCUT2D eigenvalue weighted by Crippen LogP contribution is 2.22. The van der Waals surface area contributed by atoms with Gasteiger partial charge in [-0.05, 0) is 35.8 Å². The quantitative estimate of drug-likeness (QED) is 0.507. The molecule has 0 aliphatic heterocycles. The first-order valence-corrected chi connectivity index (χ1v) is 8.31. The first kappa shape index (κ1) is 18.0. The Morgan fingerprint density at radius 3 is 2.77 bits per heavy atom. The lowest BCUT2D eigenvalue weighted by Crippen LogP contribution is -2.22. The molecule has 0 amide bonds. The smallest absolute Gasteiger partial charge is 0.174 e. The standard InChI is InChI=1S/C18H17ClFN5O/c1-11(12-5-3-2-4-6-12)22-10-16-17(25-26-24-16)18(21)23-13-7-8-15(20)14(19)9-13/h2-9,11,22H,10H2,1H3,(H2,21,23)/t11-/m0/s1. The van der Waals surface area contributed by atoms with E-state index in [0.29, 0.717) is 23.6 Å². The molecule has 6 nitrogen and oxygen atoms in total. The molecule has 0 bridgehead atoms. The van der Waals surface area contributed by atoms with E-state index in [4.69, 9.17) is 22.0 Å². The molecule has 0 saturated carbocycles. The summed E-state index contributed by atoms with van der Waals surface area (Å²) in [6, 6.07) is 14.2. The predicted octanol–water partition coefficient (Wildman–Crippen LogP) is 3.75. The molecule has 3 N–H and O–H groups in total. The van der Waals surface area contributed by atoms with Crippen LogP contribution in [0, 0.1) is 5.82 Å². The van der Waals surface area contributed by atoms with Gasteiger partial charge < -0.3 is 11.1 Å². The predicted molar refractivity (Wildman–Crippen MR) is 97.8 cm³/mol. The van der Waals surface area contributed by atoms with Crippen molar-refractivity contribution in [3.05, 3.63) is 76.3 Å². The van der Waals surface area contributed by atoms with Crippen molar-refractivity contribution >= 4 is 23.1 Å². The largest absolute Gasteiger partial charge is 0.382 e. The summed E-state index contributed by atoms with van der Waals surface area (Å²) < 4.78 is 18.0. The Morgan fingerprint density at radius 2 is 2.04 bits per heavy atom. The van der Waals surface area contributed by atoms with Crippen LogP contribution in [0.4, 0.5) is 10.1 Å². The lowest BCUT2D eigenvalue weighted by Gasteiger charge is -2.13. The zero-order chi connectivity index (χ0) is 18.5. The van der Waals surface area contributed by atoms with Gasteiger partial charge in [0.1, 0.15) is 11.5 Å². The second-order valence-electron chi connectivity index (χ2n) is 5.67. The number of aromatic nitrogens is 2. The molecule has 1 atom stereocenters. The van der Waals surface area contributed by atoms with E-state index in [2.05, 4.69) is 20.6 Å². The fraction of sp³-hybridized carbons (Fsp3) is 0.167. The average molecular weight is 374 g/mol. The molecule has 26 heavy (non-hydrogen) atoms. The summed E-state index contributed by atoms with van der Waals surface area (Å²) in [7, 11) is 0. The number of nitrogens with one attached hydrogen (secondary N) is 1. The van der Waals surface area contributed by atoms with Gasteiger partial charge in [0.2, 0.25) is 0 Å². The molecule has 8 heteroatoms. The summed E-state index contributed by atoms with van der Waals surface area (Å²) >= 11 is 5.75. The molecule has 134 valence electrons. The third kappa shape index (κ3) is 4.25. The molecular formula is C18H17ClFN5O. The Kier molecular flexibility index (Phi) is 5.60. The summed E-state index contributed by atoms with van der Waals surface area (Å²) in [5, 5.41) is 11.0. The van der Waals surface area contributed by atoms with E-state index in [0.717, 1.165) is 5.56 Å². The summed E-state index contributed by atoms with van der Waals surface area (Å²) in [4.78, 5) is 4.20. The Labute approximate surface area is 154 Å². The Bertz CT molecular complexity index is 913. The van der Waals surface area contributed by atoms with Gasteiger partial charge in [0.15, 0.2) is 11.5 Å². The summed E-state index contributed by atoms with van der Waals surface area (Å²) in [6.45, 7) is 2.44. The zero-order valence-electron chi connectivity index (χ0n) is 14.0. The number of amidine groups is 1. The third-order valence-electron chi connectivity index (χ3n) is 3.83. The van der Waals surface area contributed by atoms with Crippen LogP contribution in [0.5, 0.6) is 0 Å². The minimum atomic E-state index is -0.521. The highest BCUT2D eigenvalue weighted by molar-refractivity contribution is 6.31. The van der Waals surface area contributed by atoms with Gasteiger partial charge in [0.25, 0.3) is 0 Å². The molecule has 1 aromatic heterocycles. The maximum atomic E-state index is 13.2. The molecule has 1 heterocycles. The monoisotopic (exact) mass is 373 g/mol. The molecule has 0 fully saturated rings. The van der Waals surface area contributed by atoms with Crippen LogP contribution in [-0.4, -0.2) is 16.1 Å². The minimum Gasteiger partial charge on any atom is -0.382 e. The summed E-state index contributed by atoms with van der Waals surface area (Å²) in [6.07, 6.45) is 0. The van der Waals surface area contributed by atoms with Crippen LogP contribution in [0.2, 0.25) is 5.02 Å². The molecule has 0 unspecified atom stereocenters. The van der Waals surface area contributed by atoms with Crippen LogP contribution >= 0.6 is 11.6 Å². The van der Waals surface area contributed by atoms with Crippen LogP contribution in [0.25, 0.3) is 0 Å². The maximum Gasteiger partial charge on any atom is 0.174 e. The van der Waals surface area contributed by atoms with Crippen LogP contribution in [0.1, 0.15) is 29.9 Å². The van der Waals surface area contributed by atoms with Crippen LogP contribution in [-0.2, 0) is 6.54 Å². The van der Waals surface area contributed by atoms with E-state index in [1.807, 2.05) is 37.3 Å². The highest BCUT2D eigenvalue weighted by Gasteiger charge is 2.15. The molecule has 3 rings (SSSR count). The molecule has 3 aromatic rings. The van der Waals surface area contributed by atoms with Crippen LogP contribution in [0.3, 0.4) is 0 Å². The van der Waals surface area contributed by atoms with Gasteiger partial charge >= 0.3 is 0 Å². The van der Waals surface area contributed by atoms with Gasteiger partial charge in [-0.15, -0.1) is 0 Å². The summed E-state index contributed by atoms with van der Waals surface area (Å²) in [5.74, 6) is -0.412. The van der Waals surface area contributed by atoms with Gasteiger partial charge in [-0.3, -0.25) is 0 Å². The Morgan fingerprint density at radius 1 is 1.27 bits per heavy atom. The first-order valence-electron chi connectivity index (χ1n) is 7.94. The first-order chi connectivity index (χ1) is 12.5. The highest BCUT2D eigenvalue weighted by atomic mass is 35.5. The number of aliphatic imine (C=N–C) groups is 1. The maximum absolute atomic E-state index is 13.2. The lowest BCUT2D eigenvalue weighted by molar-refractivity contribution is 0.301. The minimum absolute atomic E-state index is 0.0316. The molecule has 0 radical (unpaired) electrons. The molecule has 0 aliphatic carbocycles. The van der Waals surface area contributed by atoms with E-state index in [1.54, 1.807) is 0 Å². The number of nitrogens with zero attached hydrogens (tertiary/aromatic N) is 3. The van der Waals surface area contributed by atoms with Gasteiger partial charge in [-0.1, -0.05) is 47.1 Å². The second kappa shape index (κ2) is 8.07. The Balaban J connectivity index is 1.73. The van der Waals surface area contributed by atoms with Gasteiger partial charge in [-0.25, -0.2) is 14.0 Å². The van der Waals surface area contributed by atoms with E-state index < -0.39 is 5.82 Å². The topological polar surface area (TPSA) is 89.3 Å². The van der Waals surface area contributed by atoms with E-state index >= 15 is 0 Å². The normalized spacial score (nSPS) is 13.0. The Hall–Kier alpha value is -2.77. The van der Waals surface area contributed by atoms with Crippen molar-refractivity contribution < 1.29 is 9.02 Å². The van der Waals surface area contributed by atoms with Gasteiger partial charge in [0.05, 0.1) is 10.7 Å². The fourth-order valence-corrected chi connectivity index (χ4v) is 2.55. The summed E-state index contributed by atoms with van der Waals surface area (Å²) in [5.41, 5.74) is 8.42. The SMILES string of the molecule is C[C@H](NCc1nonc1C(N)=Nc1ccc(F)c(Cl)c1)c1ccccc1. The number of hydrogen-bond acceptors (Lipinski definition) is 5. The van der Waals surface area contributed by atoms with E-state index in [9.17, 15) is 4.39 Å². The molecule has 2 aromatic carbocycles. The number of benzene rings is 2. The van der Waals surface area contributed by atoms with Crippen molar-refractivity contribution in [2.45, 2.75) is 19.5 Å². The van der Waals surface area contributed by atoms with Crippen molar-refractivity contribution in [3.8, 4) is 0 Å². The van der Waals surface area contributed by atoms with Crippen LogP contribution in [0.15, 0.2) is 58.2 Å². The van der Waals surface area contributed by atoms with Crippen molar-refractivity contribution in [3.63, 3.8) is 0 Å². The van der Waals surface area contributed by atoms with Gasteiger partial charge in [0, 0.05) is 12.6 Å². The molecular weight excluding hydrogens is 357 g/mol. The zero-order valence-corrected chi connectivity index (χ0v) is 14.7. The average Bonchev–Trinajstić information content (AvgIpc) is 3.12. The molecule has 0 aliphatic rings. The lowest BCUT2D eigenvalue weighted by atomic mass is 10.1. The van der Waals surface area contributed by atoms with Crippen molar-refractivity contribution in [2.75, 3.05) is 0 Å². The van der Waals surface area contributed by atoms with E-state index in [1.165, 1.54) is 18.2 Å². The van der Waals surface area contributed by atoms with Crippen LogP contribution < -0.4 is 11.1 Å². The number of halogens is 2. The number of nitrogens with two attached hydrogens (primary N) is 1. The second-order valence-corrected chi connectivity index (χ2v) is 6.08. The molecule has 0 saturated heterocycles. The molecule has 0 spiro atoms. The number of hydrogen-bond donors (Lipinski definition) is 2. The van der Waals surface area contributed by atoms with E-state index in [-0.39, 0.29) is 16.9 Å². The van der Waals surface area contributed by atoms with Crippen molar-refractivity contribution in [1.82, 2.24) is 15.6 Å². The fourth-order valence-electron chi connectivity index (χ4n) is 2.37. The van der Waals surface area contributed by atoms with Gasteiger partial charge in [-0.2, -0.15) is 0 Å². The third-order valence-corrected chi connectivity index (χ3v) is 4.12. The van der Waals surface area contributed by atoms with Crippen molar-refractivity contribution in [2.24, 2.45) is 10.7 Å².